The quantitative estimate of drug-likeness (QED) is 0.768. The van der Waals surface area contributed by atoms with E-state index in [0.717, 1.165) is 12.8 Å². The topological polar surface area (TPSA) is 55.4 Å². The SMILES string of the molecule is CC(=O)NC(C)CC(OC(C)=O)C1CCCCC1. The van der Waals surface area contributed by atoms with E-state index in [4.69, 9.17) is 4.74 Å². The Balaban J connectivity index is 2.53. The van der Waals surface area contributed by atoms with E-state index in [0.29, 0.717) is 12.3 Å². The summed E-state index contributed by atoms with van der Waals surface area (Å²) in [6, 6.07) is 0.0498. The van der Waals surface area contributed by atoms with Crippen LogP contribution in [0.5, 0.6) is 0 Å². The maximum absolute atomic E-state index is 11.2. The molecule has 2 unspecified atom stereocenters. The van der Waals surface area contributed by atoms with Gasteiger partial charge in [-0.25, -0.2) is 0 Å². The second kappa shape index (κ2) is 7.39. The molecule has 0 aromatic rings. The van der Waals surface area contributed by atoms with Crippen LogP contribution in [0.25, 0.3) is 0 Å². The Bertz CT molecular complexity index is 285. The Kier molecular flexibility index (Phi) is 6.16. The van der Waals surface area contributed by atoms with Crippen LogP contribution in [0.4, 0.5) is 0 Å². The number of amides is 1. The van der Waals surface area contributed by atoms with E-state index in [1.165, 1.54) is 33.1 Å². The second-order valence-corrected chi connectivity index (χ2v) is 5.38. The molecular formula is C14H25NO3. The Morgan fingerprint density at radius 1 is 1.22 bits per heavy atom. The van der Waals surface area contributed by atoms with Crippen LogP contribution in [0.15, 0.2) is 0 Å². The normalized spacial score (nSPS) is 19.9. The smallest absolute Gasteiger partial charge is 0.302 e. The van der Waals surface area contributed by atoms with Gasteiger partial charge in [-0.3, -0.25) is 9.59 Å². The van der Waals surface area contributed by atoms with Crippen molar-refractivity contribution in [1.82, 2.24) is 5.32 Å². The summed E-state index contributed by atoms with van der Waals surface area (Å²) in [7, 11) is 0. The van der Waals surface area contributed by atoms with E-state index >= 15 is 0 Å². The van der Waals surface area contributed by atoms with E-state index in [2.05, 4.69) is 5.32 Å². The molecule has 0 heterocycles. The van der Waals surface area contributed by atoms with Crippen molar-refractivity contribution in [3.8, 4) is 0 Å². The van der Waals surface area contributed by atoms with Crippen LogP contribution in [0.1, 0.15) is 59.3 Å². The summed E-state index contributed by atoms with van der Waals surface area (Å²) in [6.07, 6.45) is 6.64. The van der Waals surface area contributed by atoms with Crippen molar-refractivity contribution >= 4 is 11.9 Å². The molecule has 104 valence electrons. The average molecular weight is 255 g/mol. The standard InChI is InChI=1S/C14H25NO3/c1-10(15-11(2)16)9-14(18-12(3)17)13-7-5-4-6-8-13/h10,13-14H,4-9H2,1-3H3,(H,15,16). The van der Waals surface area contributed by atoms with Gasteiger partial charge < -0.3 is 10.1 Å². The van der Waals surface area contributed by atoms with Crippen molar-refractivity contribution < 1.29 is 14.3 Å². The van der Waals surface area contributed by atoms with Crippen molar-refractivity contribution in [2.24, 2.45) is 5.92 Å². The molecule has 0 spiro atoms. The summed E-state index contributed by atoms with van der Waals surface area (Å²) in [4.78, 5) is 22.2. The first-order chi connectivity index (χ1) is 8.49. The van der Waals surface area contributed by atoms with Crippen molar-refractivity contribution in [2.75, 3.05) is 0 Å². The zero-order chi connectivity index (χ0) is 13.5. The molecule has 0 saturated heterocycles. The fraction of sp³-hybridized carbons (Fsp3) is 0.857. The van der Waals surface area contributed by atoms with Gasteiger partial charge in [0.05, 0.1) is 0 Å². The predicted molar refractivity (Wildman–Crippen MR) is 70.0 cm³/mol. The molecule has 0 aromatic carbocycles. The van der Waals surface area contributed by atoms with Gasteiger partial charge in [0.2, 0.25) is 5.91 Å². The average Bonchev–Trinajstić information content (AvgIpc) is 2.27. The zero-order valence-electron chi connectivity index (χ0n) is 11.7. The number of esters is 1. The molecule has 0 aliphatic heterocycles. The predicted octanol–water partition coefficient (Wildman–Crippen LogP) is 2.41. The fourth-order valence-corrected chi connectivity index (χ4v) is 2.81. The number of hydrogen-bond donors (Lipinski definition) is 1. The molecular weight excluding hydrogens is 230 g/mol. The first kappa shape index (κ1) is 15.0. The summed E-state index contributed by atoms with van der Waals surface area (Å²) < 4.78 is 5.45. The maximum Gasteiger partial charge on any atom is 0.302 e. The molecule has 18 heavy (non-hydrogen) atoms. The van der Waals surface area contributed by atoms with Gasteiger partial charge in [0.1, 0.15) is 6.10 Å². The first-order valence-corrected chi connectivity index (χ1v) is 6.93. The van der Waals surface area contributed by atoms with Gasteiger partial charge in [-0.2, -0.15) is 0 Å². The molecule has 0 bridgehead atoms. The summed E-state index contributed by atoms with van der Waals surface area (Å²) in [5.74, 6) is 0.201. The lowest BCUT2D eigenvalue weighted by Gasteiger charge is -2.31. The molecule has 1 rings (SSSR count). The number of carbonyl (C=O) groups excluding carboxylic acids is 2. The highest BCUT2D eigenvalue weighted by molar-refractivity contribution is 5.73. The number of hydrogen-bond acceptors (Lipinski definition) is 3. The van der Waals surface area contributed by atoms with E-state index in [-0.39, 0.29) is 24.0 Å². The third kappa shape index (κ3) is 5.52. The highest BCUT2D eigenvalue weighted by Gasteiger charge is 2.27. The van der Waals surface area contributed by atoms with Gasteiger partial charge in [-0.1, -0.05) is 19.3 Å². The van der Waals surface area contributed by atoms with E-state index in [9.17, 15) is 9.59 Å². The third-order valence-electron chi connectivity index (χ3n) is 3.53. The minimum Gasteiger partial charge on any atom is -0.462 e. The molecule has 0 aromatic heterocycles. The molecule has 1 amide bonds. The monoisotopic (exact) mass is 255 g/mol. The fourth-order valence-electron chi connectivity index (χ4n) is 2.81. The summed E-state index contributed by atoms with van der Waals surface area (Å²) >= 11 is 0. The van der Waals surface area contributed by atoms with E-state index in [1.54, 1.807) is 0 Å². The van der Waals surface area contributed by atoms with Crippen molar-refractivity contribution in [3.05, 3.63) is 0 Å². The number of rotatable bonds is 5. The van der Waals surface area contributed by atoms with Gasteiger partial charge in [-0.15, -0.1) is 0 Å². The zero-order valence-corrected chi connectivity index (χ0v) is 11.7. The second-order valence-electron chi connectivity index (χ2n) is 5.38. The third-order valence-corrected chi connectivity index (χ3v) is 3.53. The molecule has 4 heteroatoms. The highest BCUT2D eigenvalue weighted by atomic mass is 16.5. The molecule has 1 saturated carbocycles. The van der Waals surface area contributed by atoms with Crippen LogP contribution >= 0.6 is 0 Å². The molecule has 1 aliphatic rings. The van der Waals surface area contributed by atoms with Gasteiger partial charge in [-0.05, 0) is 25.7 Å². The largest absolute Gasteiger partial charge is 0.462 e. The Labute approximate surface area is 109 Å². The highest BCUT2D eigenvalue weighted by Crippen LogP contribution is 2.30. The molecule has 0 radical (unpaired) electrons. The van der Waals surface area contributed by atoms with Crippen LogP contribution in [-0.4, -0.2) is 24.0 Å². The van der Waals surface area contributed by atoms with Crippen LogP contribution in [0.2, 0.25) is 0 Å². The minimum absolute atomic E-state index is 0.0345. The van der Waals surface area contributed by atoms with E-state index in [1.807, 2.05) is 6.92 Å². The molecule has 4 nitrogen and oxygen atoms in total. The van der Waals surface area contributed by atoms with Crippen LogP contribution < -0.4 is 5.32 Å². The lowest BCUT2D eigenvalue weighted by atomic mass is 9.83. The van der Waals surface area contributed by atoms with Gasteiger partial charge >= 0.3 is 5.97 Å². The number of carbonyl (C=O) groups is 2. The Morgan fingerprint density at radius 3 is 2.33 bits per heavy atom. The van der Waals surface area contributed by atoms with Gasteiger partial charge in [0.25, 0.3) is 0 Å². The molecule has 1 N–H and O–H groups in total. The molecule has 1 aliphatic carbocycles. The number of ether oxygens (including phenoxy) is 1. The summed E-state index contributed by atoms with van der Waals surface area (Å²) in [5, 5.41) is 2.86. The first-order valence-electron chi connectivity index (χ1n) is 6.93. The van der Waals surface area contributed by atoms with Gasteiger partial charge in [0.15, 0.2) is 0 Å². The minimum atomic E-state index is -0.222. The maximum atomic E-state index is 11.2. The number of nitrogens with one attached hydrogen (secondary N) is 1. The molecule has 1 fully saturated rings. The van der Waals surface area contributed by atoms with Crippen molar-refractivity contribution in [2.45, 2.75) is 71.4 Å². The van der Waals surface area contributed by atoms with Crippen molar-refractivity contribution in [3.63, 3.8) is 0 Å². The summed E-state index contributed by atoms with van der Waals surface area (Å²) in [6.45, 7) is 4.93. The lowest BCUT2D eigenvalue weighted by molar-refractivity contribution is -0.150. The Hall–Kier alpha value is -1.06. The van der Waals surface area contributed by atoms with Crippen LogP contribution in [-0.2, 0) is 14.3 Å². The van der Waals surface area contributed by atoms with Crippen molar-refractivity contribution in [1.29, 1.82) is 0 Å². The van der Waals surface area contributed by atoms with Gasteiger partial charge in [0, 0.05) is 26.3 Å². The van der Waals surface area contributed by atoms with Crippen LogP contribution in [0.3, 0.4) is 0 Å². The van der Waals surface area contributed by atoms with Crippen LogP contribution in [0, 0.1) is 5.92 Å². The van der Waals surface area contributed by atoms with E-state index < -0.39 is 0 Å². The molecule has 2 atom stereocenters. The Morgan fingerprint density at radius 2 is 1.83 bits per heavy atom. The lowest BCUT2D eigenvalue weighted by Crippen LogP contribution is -2.38. The summed E-state index contributed by atoms with van der Waals surface area (Å²) in [5.41, 5.74) is 0.